The van der Waals surface area contributed by atoms with Crippen molar-refractivity contribution < 1.29 is 14.9 Å². The minimum absolute atomic E-state index is 0.157. The fourth-order valence-electron chi connectivity index (χ4n) is 2.55. The fraction of sp³-hybridized carbons (Fsp3) is 0.529. The van der Waals surface area contributed by atoms with Gasteiger partial charge in [-0.15, -0.1) is 0 Å². The highest BCUT2D eigenvalue weighted by molar-refractivity contribution is 5.95. The number of hydrogen-bond donors (Lipinski definition) is 3. The first-order chi connectivity index (χ1) is 10.3. The van der Waals surface area contributed by atoms with Crippen LogP contribution < -0.4 is 16.4 Å². The number of quaternary nitrogens is 1. The molecule has 0 aliphatic rings. The minimum atomic E-state index is -0.810. The summed E-state index contributed by atoms with van der Waals surface area (Å²) in [5.41, 5.74) is 7.51. The highest BCUT2D eigenvalue weighted by Crippen LogP contribution is 2.19. The molecule has 5 heteroatoms. The molecule has 3 amide bonds. The highest BCUT2D eigenvalue weighted by atomic mass is 16.2. The molecule has 0 radical (unpaired) electrons. The van der Waals surface area contributed by atoms with Crippen LogP contribution in [0.5, 0.6) is 0 Å². The van der Waals surface area contributed by atoms with E-state index in [0.29, 0.717) is 5.92 Å². The molecule has 0 saturated heterocycles. The number of aryl methyl sites for hydroxylation is 1. The molecule has 1 aromatic rings. The van der Waals surface area contributed by atoms with Gasteiger partial charge in [0.15, 0.2) is 6.04 Å². The van der Waals surface area contributed by atoms with Crippen molar-refractivity contribution in [1.29, 1.82) is 0 Å². The van der Waals surface area contributed by atoms with Crippen LogP contribution in [0.1, 0.15) is 51.3 Å². The molecule has 1 aromatic carbocycles. The second kappa shape index (κ2) is 8.54. The molecule has 0 aliphatic heterocycles. The van der Waals surface area contributed by atoms with Crippen LogP contribution >= 0.6 is 0 Å². The number of rotatable bonds is 7. The lowest BCUT2D eigenvalue weighted by molar-refractivity contribution is -0.719. The fourth-order valence-corrected chi connectivity index (χ4v) is 2.55. The Labute approximate surface area is 132 Å². The molecule has 5 nitrogen and oxygen atoms in total. The van der Waals surface area contributed by atoms with Crippen molar-refractivity contribution >= 4 is 11.9 Å². The monoisotopic (exact) mass is 306 g/mol. The number of amides is 3. The van der Waals surface area contributed by atoms with Gasteiger partial charge in [-0.1, -0.05) is 51.5 Å². The summed E-state index contributed by atoms with van der Waals surface area (Å²) in [5.74, 6) is 0.00149. The molecule has 0 aromatic heterocycles. The molecule has 122 valence electrons. The van der Waals surface area contributed by atoms with Crippen molar-refractivity contribution in [2.75, 3.05) is 0 Å². The first-order valence-electron chi connectivity index (χ1n) is 7.89. The number of hydrogen-bond acceptors (Lipinski definition) is 2. The molecule has 5 N–H and O–H groups in total. The van der Waals surface area contributed by atoms with Crippen LogP contribution in [0, 0.1) is 5.92 Å². The third kappa shape index (κ3) is 5.48. The topological polar surface area (TPSA) is 88.8 Å². The Balaban J connectivity index is 2.80. The Kier molecular flexibility index (Phi) is 7.05. The lowest BCUT2D eigenvalue weighted by Crippen LogP contribution is -2.93. The number of nitrogens with one attached hydrogen (secondary N) is 1. The van der Waals surface area contributed by atoms with Gasteiger partial charge < -0.3 is 11.1 Å². The van der Waals surface area contributed by atoms with Gasteiger partial charge in [0.05, 0.1) is 0 Å². The van der Waals surface area contributed by atoms with Gasteiger partial charge in [0.2, 0.25) is 0 Å². The molecule has 1 rings (SSSR count). The van der Waals surface area contributed by atoms with Crippen molar-refractivity contribution in [3.8, 4) is 0 Å². The Morgan fingerprint density at radius 2 is 1.77 bits per heavy atom. The zero-order valence-electron chi connectivity index (χ0n) is 13.9. The van der Waals surface area contributed by atoms with Gasteiger partial charge in [-0.2, -0.15) is 0 Å². The Morgan fingerprint density at radius 3 is 2.23 bits per heavy atom. The van der Waals surface area contributed by atoms with Gasteiger partial charge in [-0.3, -0.25) is 10.1 Å². The Bertz CT molecular complexity index is 497. The van der Waals surface area contributed by atoms with Crippen LogP contribution in [0.15, 0.2) is 24.3 Å². The summed E-state index contributed by atoms with van der Waals surface area (Å²) >= 11 is 0. The van der Waals surface area contributed by atoms with Crippen LogP contribution in [0.4, 0.5) is 4.79 Å². The van der Waals surface area contributed by atoms with Crippen molar-refractivity contribution in [1.82, 2.24) is 5.32 Å². The molecule has 0 fully saturated rings. The van der Waals surface area contributed by atoms with E-state index in [1.54, 1.807) is 6.92 Å². The lowest BCUT2D eigenvalue weighted by atomic mass is 9.94. The lowest BCUT2D eigenvalue weighted by Gasteiger charge is -2.23. The van der Waals surface area contributed by atoms with Gasteiger partial charge >= 0.3 is 6.03 Å². The third-order valence-electron chi connectivity index (χ3n) is 3.78. The number of carbonyl (C=O) groups excluding carboxylic acids is 2. The molecule has 0 bridgehead atoms. The van der Waals surface area contributed by atoms with E-state index in [9.17, 15) is 9.59 Å². The predicted molar refractivity (Wildman–Crippen MR) is 87.1 cm³/mol. The molecule has 22 heavy (non-hydrogen) atoms. The minimum Gasteiger partial charge on any atom is -0.351 e. The maximum absolute atomic E-state index is 11.8. The molecular formula is C17H28N3O2+. The van der Waals surface area contributed by atoms with Gasteiger partial charge in [-0.25, -0.2) is 4.79 Å². The average molecular weight is 306 g/mol. The Hall–Kier alpha value is -1.88. The molecule has 2 atom stereocenters. The predicted octanol–water partition coefficient (Wildman–Crippen LogP) is 1.48. The number of urea groups is 1. The zero-order valence-corrected chi connectivity index (χ0v) is 13.9. The summed E-state index contributed by atoms with van der Waals surface area (Å²) in [6, 6.07) is 7.53. The van der Waals surface area contributed by atoms with E-state index in [4.69, 9.17) is 5.73 Å². The van der Waals surface area contributed by atoms with Crippen LogP contribution in [-0.4, -0.2) is 18.0 Å². The molecule has 0 unspecified atom stereocenters. The quantitative estimate of drug-likeness (QED) is 0.712. The van der Waals surface area contributed by atoms with Gasteiger partial charge in [0.25, 0.3) is 5.91 Å². The third-order valence-corrected chi connectivity index (χ3v) is 3.78. The zero-order chi connectivity index (χ0) is 16.7. The first kappa shape index (κ1) is 18.2. The molecule has 0 aliphatic carbocycles. The van der Waals surface area contributed by atoms with Crippen molar-refractivity contribution in [2.45, 2.75) is 52.6 Å². The van der Waals surface area contributed by atoms with Crippen molar-refractivity contribution in [3.05, 3.63) is 35.4 Å². The second-order valence-corrected chi connectivity index (χ2v) is 6.10. The summed E-state index contributed by atoms with van der Waals surface area (Å²) in [5, 5.41) is 4.12. The summed E-state index contributed by atoms with van der Waals surface area (Å²) in [7, 11) is 0. The SMILES string of the molecule is CCCc1ccc([C@H]([NH2+][C@@H](C)C(=O)NC(N)=O)C(C)C)cc1. The summed E-state index contributed by atoms with van der Waals surface area (Å²) < 4.78 is 0. The molecule has 0 saturated carbocycles. The number of carbonyl (C=O) groups is 2. The van der Waals surface area contributed by atoms with E-state index in [-0.39, 0.29) is 18.0 Å². The molecular weight excluding hydrogens is 278 g/mol. The van der Waals surface area contributed by atoms with E-state index < -0.39 is 6.03 Å². The van der Waals surface area contributed by atoms with E-state index in [1.165, 1.54) is 11.1 Å². The number of benzene rings is 1. The van der Waals surface area contributed by atoms with Gasteiger partial charge in [-0.05, 0) is 18.9 Å². The van der Waals surface area contributed by atoms with Crippen molar-refractivity contribution in [3.63, 3.8) is 0 Å². The van der Waals surface area contributed by atoms with Crippen LogP contribution in [-0.2, 0) is 11.2 Å². The number of imide groups is 1. The average Bonchev–Trinajstić information content (AvgIpc) is 2.44. The smallest absolute Gasteiger partial charge is 0.319 e. The van der Waals surface area contributed by atoms with Gasteiger partial charge in [0, 0.05) is 11.5 Å². The molecule has 0 spiro atoms. The number of primary amides is 1. The van der Waals surface area contributed by atoms with Gasteiger partial charge in [0.1, 0.15) is 6.04 Å². The van der Waals surface area contributed by atoms with Crippen LogP contribution in [0.2, 0.25) is 0 Å². The van der Waals surface area contributed by atoms with E-state index in [1.807, 2.05) is 5.32 Å². The maximum atomic E-state index is 11.8. The van der Waals surface area contributed by atoms with E-state index >= 15 is 0 Å². The highest BCUT2D eigenvalue weighted by Gasteiger charge is 2.26. The van der Waals surface area contributed by atoms with Crippen molar-refractivity contribution in [2.24, 2.45) is 11.7 Å². The normalized spacial score (nSPS) is 13.7. The van der Waals surface area contributed by atoms with Crippen LogP contribution in [0.3, 0.4) is 0 Å². The summed E-state index contributed by atoms with van der Waals surface area (Å²) in [6.07, 6.45) is 2.21. The van der Waals surface area contributed by atoms with E-state index in [0.717, 1.165) is 12.8 Å². The maximum Gasteiger partial charge on any atom is 0.319 e. The second-order valence-electron chi connectivity index (χ2n) is 6.10. The number of nitrogens with two attached hydrogens (primary N) is 2. The van der Waals surface area contributed by atoms with Crippen LogP contribution in [0.25, 0.3) is 0 Å². The molecule has 0 heterocycles. The standard InChI is InChI=1S/C17H27N3O2/c1-5-6-13-7-9-14(10-8-13)15(11(2)3)19-12(4)16(21)20-17(18)22/h7-12,15,19H,5-6H2,1-4H3,(H3,18,20,21,22)/p+1/t12-,15+/m0/s1. The summed E-state index contributed by atoms with van der Waals surface area (Å²) in [4.78, 5) is 22.6. The summed E-state index contributed by atoms with van der Waals surface area (Å²) in [6.45, 7) is 8.19. The Morgan fingerprint density at radius 1 is 1.18 bits per heavy atom. The van der Waals surface area contributed by atoms with E-state index in [2.05, 4.69) is 50.4 Å². The first-order valence-corrected chi connectivity index (χ1v) is 7.89. The largest absolute Gasteiger partial charge is 0.351 e.